The Hall–Kier alpha value is -0.110. The number of likely N-dealkylation sites (tertiary alicyclic amines) is 1. The van der Waals surface area contributed by atoms with Crippen molar-refractivity contribution in [2.45, 2.75) is 38.0 Å². The van der Waals surface area contributed by atoms with E-state index in [-0.39, 0.29) is 42.9 Å². The Morgan fingerprint density at radius 3 is 2.48 bits per heavy atom. The zero-order valence-electron chi connectivity index (χ0n) is 13.7. The second-order valence-corrected chi connectivity index (χ2v) is 6.50. The van der Waals surface area contributed by atoms with Crippen LogP contribution in [-0.2, 0) is 14.3 Å². The van der Waals surface area contributed by atoms with Gasteiger partial charge in [0.05, 0.1) is 19.3 Å². The summed E-state index contributed by atoms with van der Waals surface area (Å²) in [7, 11) is 0. The van der Waals surface area contributed by atoms with E-state index in [0.29, 0.717) is 18.5 Å². The average Bonchev–Trinajstić information content (AvgIpc) is 3.14. The number of morpholine rings is 1. The number of ether oxygens (including phenoxy) is 2. The largest absolute Gasteiger partial charge is 0.379 e. The molecule has 3 heterocycles. The zero-order chi connectivity index (χ0) is 14.8. The van der Waals surface area contributed by atoms with E-state index >= 15 is 0 Å². The molecule has 0 aromatic heterocycles. The van der Waals surface area contributed by atoms with Gasteiger partial charge in [-0.3, -0.25) is 9.69 Å². The lowest BCUT2D eigenvalue weighted by Crippen LogP contribution is -2.47. The summed E-state index contributed by atoms with van der Waals surface area (Å²) in [4.78, 5) is 17.1. The normalized spacial score (nSPS) is 34.8. The zero-order valence-corrected chi connectivity index (χ0v) is 15.3. The van der Waals surface area contributed by atoms with Gasteiger partial charge in [-0.25, -0.2) is 0 Å². The van der Waals surface area contributed by atoms with Crippen molar-refractivity contribution in [3.8, 4) is 0 Å². The first-order chi connectivity index (χ1) is 10.2. The van der Waals surface area contributed by atoms with Crippen LogP contribution in [0.5, 0.6) is 0 Å². The molecule has 0 bridgehead atoms. The van der Waals surface area contributed by atoms with Crippen LogP contribution in [0.1, 0.15) is 19.8 Å². The lowest BCUT2D eigenvalue weighted by atomic mass is 10.0. The third-order valence-electron chi connectivity index (χ3n) is 5.04. The van der Waals surface area contributed by atoms with Gasteiger partial charge in [0.25, 0.3) is 5.91 Å². The Bertz CT molecular complexity index is 383. The molecule has 0 aromatic rings. The van der Waals surface area contributed by atoms with E-state index in [9.17, 15) is 4.79 Å². The summed E-state index contributed by atoms with van der Waals surface area (Å²) in [5, 5.41) is 0. The van der Waals surface area contributed by atoms with Crippen LogP contribution >= 0.6 is 24.8 Å². The van der Waals surface area contributed by atoms with Crippen molar-refractivity contribution < 1.29 is 14.3 Å². The Morgan fingerprint density at radius 2 is 1.87 bits per heavy atom. The third kappa shape index (κ3) is 4.71. The molecular formula is C15H29Cl2N3O3. The van der Waals surface area contributed by atoms with Crippen LogP contribution in [0, 0.1) is 5.92 Å². The summed E-state index contributed by atoms with van der Waals surface area (Å²) in [5.41, 5.74) is 5.62. The molecule has 6 nitrogen and oxygen atoms in total. The molecule has 0 radical (unpaired) electrons. The van der Waals surface area contributed by atoms with E-state index in [0.717, 1.165) is 52.2 Å². The molecule has 1 amide bonds. The average molecular weight is 370 g/mol. The van der Waals surface area contributed by atoms with E-state index in [4.69, 9.17) is 15.2 Å². The van der Waals surface area contributed by atoms with Gasteiger partial charge in [-0.05, 0) is 18.8 Å². The highest BCUT2D eigenvalue weighted by atomic mass is 35.5. The van der Waals surface area contributed by atoms with Gasteiger partial charge in [0, 0.05) is 38.8 Å². The lowest BCUT2D eigenvalue weighted by Gasteiger charge is -2.34. The van der Waals surface area contributed by atoms with Crippen molar-refractivity contribution in [3.63, 3.8) is 0 Å². The molecule has 8 heteroatoms. The van der Waals surface area contributed by atoms with Crippen molar-refractivity contribution in [2.24, 2.45) is 11.7 Å². The molecule has 2 unspecified atom stereocenters. The first-order valence-corrected chi connectivity index (χ1v) is 8.15. The summed E-state index contributed by atoms with van der Waals surface area (Å²) in [6.45, 7) is 7.99. The fourth-order valence-electron chi connectivity index (χ4n) is 3.78. The fraction of sp³-hybridized carbons (Fsp3) is 0.933. The number of amides is 1. The Labute approximate surface area is 150 Å². The van der Waals surface area contributed by atoms with Crippen LogP contribution in [0.25, 0.3) is 0 Å². The Morgan fingerprint density at radius 1 is 1.17 bits per heavy atom. The van der Waals surface area contributed by atoms with Gasteiger partial charge in [-0.2, -0.15) is 0 Å². The maximum atomic E-state index is 12.6. The number of nitrogens with zero attached hydrogens (tertiary/aromatic N) is 2. The van der Waals surface area contributed by atoms with Gasteiger partial charge in [0.1, 0.15) is 6.10 Å². The summed E-state index contributed by atoms with van der Waals surface area (Å²) in [6, 6.07) is 0.463. The van der Waals surface area contributed by atoms with Gasteiger partial charge in [0.2, 0.25) is 0 Å². The number of nitrogens with two attached hydrogens (primary N) is 1. The van der Waals surface area contributed by atoms with Crippen molar-refractivity contribution in [1.82, 2.24) is 9.80 Å². The first kappa shape index (κ1) is 20.9. The van der Waals surface area contributed by atoms with Crippen LogP contribution in [0.4, 0.5) is 0 Å². The fourth-order valence-corrected chi connectivity index (χ4v) is 3.78. The highest BCUT2D eigenvalue weighted by molar-refractivity contribution is 5.85. The number of hydrogen-bond donors (Lipinski definition) is 1. The topological polar surface area (TPSA) is 68.0 Å². The minimum Gasteiger partial charge on any atom is -0.379 e. The quantitative estimate of drug-likeness (QED) is 0.785. The molecule has 3 rings (SSSR count). The van der Waals surface area contributed by atoms with Crippen LogP contribution in [0.2, 0.25) is 0 Å². The third-order valence-corrected chi connectivity index (χ3v) is 5.04. The number of carbonyl (C=O) groups is 1. The predicted molar refractivity (Wildman–Crippen MR) is 93.4 cm³/mol. The van der Waals surface area contributed by atoms with Crippen molar-refractivity contribution in [3.05, 3.63) is 0 Å². The van der Waals surface area contributed by atoms with Crippen LogP contribution < -0.4 is 5.73 Å². The Kier molecular flexibility index (Phi) is 8.55. The molecule has 3 saturated heterocycles. The van der Waals surface area contributed by atoms with Crippen molar-refractivity contribution in [1.29, 1.82) is 0 Å². The van der Waals surface area contributed by atoms with Crippen LogP contribution in [-0.4, -0.2) is 79.9 Å². The molecule has 3 aliphatic heterocycles. The Balaban J connectivity index is 0.00000132. The smallest absolute Gasteiger partial charge is 0.251 e. The van der Waals surface area contributed by atoms with E-state index in [2.05, 4.69) is 11.8 Å². The van der Waals surface area contributed by atoms with Crippen molar-refractivity contribution in [2.75, 3.05) is 45.9 Å². The summed E-state index contributed by atoms with van der Waals surface area (Å²) >= 11 is 0. The maximum Gasteiger partial charge on any atom is 0.251 e. The maximum absolute atomic E-state index is 12.6. The minimum absolute atomic E-state index is 0. The molecule has 3 fully saturated rings. The molecule has 0 saturated carbocycles. The lowest BCUT2D eigenvalue weighted by molar-refractivity contribution is -0.142. The molecule has 0 aliphatic carbocycles. The van der Waals surface area contributed by atoms with Gasteiger partial charge in [-0.15, -0.1) is 24.8 Å². The van der Waals surface area contributed by atoms with Gasteiger partial charge >= 0.3 is 0 Å². The number of halogens is 2. The number of carbonyl (C=O) groups excluding carboxylic acids is 1. The molecular weight excluding hydrogens is 341 g/mol. The van der Waals surface area contributed by atoms with E-state index < -0.39 is 0 Å². The molecule has 0 spiro atoms. The summed E-state index contributed by atoms with van der Waals surface area (Å²) < 4.78 is 11.2. The highest BCUT2D eigenvalue weighted by Gasteiger charge is 2.40. The highest BCUT2D eigenvalue weighted by Crippen LogP contribution is 2.27. The van der Waals surface area contributed by atoms with Crippen molar-refractivity contribution >= 4 is 30.7 Å². The molecule has 4 atom stereocenters. The van der Waals surface area contributed by atoms with Crippen LogP contribution in [0.15, 0.2) is 0 Å². The molecule has 2 N–H and O–H groups in total. The molecule has 3 aliphatic rings. The van der Waals surface area contributed by atoms with Crippen LogP contribution in [0.3, 0.4) is 0 Å². The molecule has 0 aromatic carbocycles. The first-order valence-electron chi connectivity index (χ1n) is 8.15. The predicted octanol–water partition coefficient (Wildman–Crippen LogP) is 0.515. The minimum atomic E-state index is -0.269. The standard InChI is InChI=1S/C15H27N3O3.2ClH/c1-11-9-18(10-13(11)17-4-6-20-7-5-17)15(19)14-3-2-12(8-16)21-14;;/h11-14H,2-10,16H2,1H3;2*1H/t11?,12-,13?,14+;;/m1../s1. The SMILES string of the molecule is CC1CN(C(=O)[C@@H]2CC[C@H](CN)O2)CC1N1CCOCC1.Cl.Cl. The van der Waals surface area contributed by atoms with E-state index in [1.54, 1.807) is 0 Å². The molecule has 136 valence electrons. The second kappa shape index (κ2) is 9.39. The molecule has 23 heavy (non-hydrogen) atoms. The monoisotopic (exact) mass is 369 g/mol. The van der Waals surface area contributed by atoms with Gasteiger partial charge in [-0.1, -0.05) is 6.92 Å². The number of hydrogen-bond acceptors (Lipinski definition) is 5. The summed E-state index contributed by atoms with van der Waals surface area (Å²) in [5.74, 6) is 0.673. The number of rotatable bonds is 3. The summed E-state index contributed by atoms with van der Waals surface area (Å²) in [6.07, 6.45) is 1.51. The second-order valence-electron chi connectivity index (χ2n) is 6.50. The van der Waals surface area contributed by atoms with E-state index in [1.165, 1.54) is 0 Å². The van der Waals surface area contributed by atoms with Gasteiger partial charge in [0.15, 0.2) is 0 Å². The van der Waals surface area contributed by atoms with Gasteiger partial charge < -0.3 is 20.1 Å². The van der Waals surface area contributed by atoms with E-state index in [1.807, 2.05) is 4.90 Å².